The highest BCUT2D eigenvalue weighted by molar-refractivity contribution is 7.84. The molecular weight excluding hydrogens is 646 g/mol. The fourth-order valence-corrected chi connectivity index (χ4v) is 21.2. The maximum atomic E-state index is 14.6. The molecule has 0 spiro atoms. The van der Waals surface area contributed by atoms with E-state index in [2.05, 4.69) is 102 Å². The summed E-state index contributed by atoms with van der Waals surface area (Å²) in [6.07, 6.45) is 20.5. The zero-order chi connectivity index (χ0) is 35.0. The van der Waals surface area contributed by atoms with E-state index in [1.54, 1.807) is 5.30 Å². The van der Waals surface area contributed by atoms with Gasteiger partial charge in [0.2, 0.25) is 0 Å². The van der Waals surface area contributed by atoms with Crippen LogP contribution in [0.2, 0.25) is 0 Å². The van der Waals surface area contributed by atoms with Crippen molar-refractivity contribution in [2.75, 3.05) is 7.05 Å². The molecule has 0 radical (unpaired) electrons. The molecule has 0 aromatic heterocycles. The Balaban J connectivity index is 1.25. The van der Waals surface area contributed by atoms with Crippen LogP contribution in [0.5, 0.6) is 0 Å². The lowest BCUT2D eigenvalue weighted by Crippen LogP contribution is -2.58. The molecule has 50 heavy (non-hydrogen) atoms. The van der Waals surface area contributed by atoms with Gasteiger partial charge >= 0.3 is 0 Å². The Kier molecular flexibility index (Phi) is 8.15. The Morgan fingerprint density at radius 3 is 1.58 bits per heavy atom. The van der Waals surface area contributed by atoms with Gasteiger partial charge in [-0.2, -0.15) is 0 Å². The van der Waals surface area contributed by atoms with Gasteiger partial charge in [0.15, 0.2) is 0 Å². The van der Waals surface area contributed by atoms with E-state index in [4.69, 9.17) is 0 Å². The summed E-state index contributed by atoms with van der Waals surface area (Å²) in [6, 6.07) is 17.4. The van der Waals surface area contributed by atoms with Crippen molar-refractivity contribution in [3.8, 4) is 0 Å². The second kappa shape index (κ2) is 11.7. The van der Waals surface area contributed by atoms with Crippen molar-refractivity contribution < 1.29 is 4.21 Å². The van der Waals surface area contributed by atoms with Crippen molar-refractivity contribution >= 4 is 24.2 Å². The largest absolute Gasteiger partial charge is 0.242 e. The molecule has 2 nitrogen and oxygen atoms in total. The van der Waals surface area contributed by atoms with E-state index >= 15 is 0 Å². The Labute approximate surface area is 309 Å². The van der Waals surface area contributed by atoms with Crippen molar-refractivity contribution in [2.45, 2.75) is 170 Å². The number of hydrogen-bond acceptors (Lipinski definition) is 1. The van der Waals surface area contributed by atoms with Crippen LogP contribution in [0.25, 0.3) is 0 Å². The average Bonchev–Trinajstić information content (AvgIpc) is 3.02. The Morgan fingerprint density at radius 1 is 0.680 bits per heavy atom. The maximum absolute atomic E-state index is 14.6. The maximum Gasteiger partial charge on any atom is 0.100 e. The highest BCUT2D eigenvalue weighted by atomic mass is 32.2. The zero-order valence-electron chi connectivity index (χ0n) is 32.7. The molecule has 2 aromatic rings. The topological polar surface area (TPSA) is 20.3 Å². The van der Waals surface area contributed by atoms with Gasteiger partial charge in [0.1, 0.15) is 11.0 Å². The van der Waals surface area contributed by atoms with E-state index in [1.807, 2.05) is 0 Å². The van der Waals surface area contributed by atoms with Gasteiger partial charge in [0.05, 0.1) is 10.8 Å². The molecule has 0 heterocycles. The van der Waals surface area contributed by atoms with Gasteiger partial charge in [-0.3, -0.25) is 0 Å². The van der Waals surface area contributed by atoms with Crippen molar-refractivity contribution in [1.29, 1.82) is 0 Å². The molecule has 9 aliphatic carbocycles. The van der Waals surface area contributed by atoms with Gasteiger partial charge in [-0.05, 0) is 195 Å². The molecular formula is C46H66NOPS. The van der Waals surface area contributed by atoms with E-state index in [0.29, 0.717) is 10.3 Å². The van der Waals surface area contributed by atoms with E-state index in [1.165, 1.54) is 112 Å². The van der Waals surface area contributed by atoms with Gasteiger partial charge < -0.3 is 0 Å². The van der Waals surface area contributed by atoms with Crippen LogP contribution in [0.15, 0.2) is 42.5 Å². The first kappa shape index (κ1) is 34.7. The lowest BCUT2D eigenvalue weighted by atomic mass is 9.55. The fourth-order valence-electron chi connectivity index (χ4n) is 14.5. The molecule has 2 aromatic carbocycles. The number of nitrogens with zero attached hydrogens (tertiary/aromatic N) is 1. The molecule has 0 aliphatic heterocycles. The van der Waals surface area contributed by atoms with Crippen molar-refractivity contribution in [3.05, 3.63) is 64.7 Å². The minimum atomic E-state index is -1.15. The number of hydrogen-bond donors (Lipinski definition) is 0. The molecule has 0 N–H and O–H groups in total. The minimum Gasteiger partial charge on any atom is -0.242 e. The van der Waals surface area contributed by atoms with Crippen molar-refractivity contribution in [1.82, 2.24) is 4.31 Å². The smallest absolute Gasteiger partial charge is 0.100 e. The standard InChI is InChI=1S/C46H66NOPS/c1-42(2,3)50(48)47(8)41(36-13-14-38-39(23-36)44(6,7)16-15-43(38,4)5)37-11-9-10-12-40(37)49(45-24-30-17-31(25-45)19-32(18-30)26-45)46-27-33-20-34(28-46)22-35(21-33)29-46/h9-14,23,30-35,41H,15-22,24-29H2,1-8H3/t30?,31?,32?,33?,34?,35?,41-,45?,46?,49?,50-/m1/s1. The molecule has 4 heteroatoms. The number of benzene rings is 2. The summed E-state index contributed by atoms with van der Waals surface area (Å²) in [5, 5.41) is 2.73. The van der Waals surface area contributed by atoms with Crippen LogP contribution >= 0.6 is 7.92 Å². The molecule has 0 amide bonds. The summed E-state index contributed by atoms with van der Waals surface area (Å²) in [5.41, 5.74) is 6.22. The third-order valence-electron chi connectivity index (χ3n) is 15.8. The van der Waals surface area contributed by atoms with Crippen LogP contribution in [0.4, 0.5) is 0 Å². The van der Waals surface area contributed by atoms with Crippen LogP contribution < -0.4 is 5.30 Å². The monoisotopic (exact) mass is 711 g/mol. The van der Waals surface area contributed by atoms with Crippen molar-refractivity contribution in [2.24, 2.45) is 35.5 Å². The zero-order valence-corrected chi connectivity index (χ0v) is 34.4. The quantitative estimate of drug-likeness (QED) is 0.262. The first-order valence-electron chi connectivity index (χ1n) is 20.7. The highest BCUT2D eigenvalue weighted by Crippen LogP contribution is 2.78. The van der Waals surface area contributed by atoms with Crippen LogP contribution in [0.1, 0.15) is 167 Å². The summed E-state index contributed by atoms with van der Waals surface area (Å²) in [4.78, 5) is 0. The molecule has 8 bridgehead atoms. The molecule has 272 valence electrons. The Hall–Kier alpha value is -1.02. The second-order valence-corrected chi connectivity index (χ2v) is 26.9. The predicted octanol–water partition coefficient (Wildman–Crippen LogP) is 11.6. The first-order valence-corrected chi connectivity index (χ1v) is 23.2. The van der Waals surface area contributed by atoms with Crippen LogP contribution in [-0.4, -0.2) is 30.6 Å². The first-order chi connectivity index (χ1) is 23.6. The second-order valence-electron chi connectivity index (χ2n) is 21.6. The summed E-state index contributed by atoms with van der Waals surface area (Å²) >= 11 is 0. The molecule has 8 saturated carbocycles. The molecule has 8 fully saturated rings. The van der Waals surface area contributed by atoms with E-state index in [9.17, 15) is 4.21 Å². The van der Waals surface area contributed by atoms with E-state index in [-0.39, 0.29) is 29.5 Å². The van der Waals surface area contributed by atoms with Gasteiger partial charge in [-0.15, -0.1) is 0 Å². The molecule has 2 atom stereocenters. The molecule has 0 unspecified atom stereocenters. The lowest BCUT2D eigenvalue weighted by molar-refractivity contribution is 0.0195. The van der Waals surface area contributed by atoms with Crippen LogP contribution in [-0.2, 0) is 21.8 Å². The summed E-state index contributed by atoms with van der Waals surface area (Å²) in [6.45, 7) is 16.3. The highest BCUT2D eigenvalue weighted by Gasteiger charge is 2.63. The summed E-state index contributed by atoms with van der Waals surface area (Å²) < 4.78 is 16.6. The van der Waals surface area contributed by atoms with Crippen molar-refractivity contribution in [3.63, 3.8) is 0 Å². The third kappa shape index (κ3) is 5.53. The normalized spacial score (nSPS) is 39.4. The third-order valence-corrected chi connectivity index (χ3v) is 21.4. The van der Waals surface area contributed by atoms with Gasteiger partial charge in [0, 0.05) is 7.05 Å². The molecule has 9 aliphatic rings. The van der Waals surface area contributed by atoms with E-state index in [0.717, 1.165) is 35.5 Å². The van der Waals surface area contributed by atoms with Crippen LogP contribution in [0.3, 0.4) is 0 Å². The SMILES string of the molecule is CN([C@H](c1ccc2c(c1)C(C)(C)CCC2(C)C)c1ccccc1P(C12CC3CC(CC(C3)C1)C2)C12CC3CC(CC(C3)C1)C2)[S@](=O)C(C)(C)C. The van der Waals surface area contributed by atoms with E-state index < -0.39 is 11.0 Å². The number of fused-ring (bicyclic) bond motifs is 1. The lowest BCUT2D eigenvalue weighted by Gasteiger charge is -2.67. The van der Waals surface area contributed by atoms with Gasteiger partial charge in [0.25, 0.3) is 0 Å². The summed E-state index contributed by atoms with van der Waals surface area (Å²) in [7, 11) is 0.650. The average molecular weight is 712 g/mol. The summed E-state index contributed by atoms with van der Waals surface area (Å²) in [5.74, 6) is 5.78. The minimum absolute atomic E-state index is 0.0229. The molecule has 11 rings (SSSR count). The Morgan fingerprint density at radius 2 is 1.12 bits per heavy atom. The molecule has 0 saturated heterocycles. The Bertz CT molecular complexity index is 1570. The predicted molar refractivity (Wildman–Crippen MR) is 214 cm³/mol. The fraction of sp³-hybridized carbons (Fsp3) is 0.739. The number of rotatable bonds is 7. The van der Waals surface area contributed by atoms with Gasteiger partial charge in [-0.25, -0.2) is 8.51 Å². The van der Waals surface area contributed by atoms with Gasteiger partial charge in [-0.1, -0.05) is 78.1 Å². The van der Waals surface area contributed by atoms with Crippen LogP contribution in [0, 0.1) is 35.5 Å².